The van der Waals surface area contributed by atoms with Crippen LogP contribution in [0.25, 0.3) is 0 Å². The molecule has 0 spiro atoms. The fourth-order valence-electron chi connectivity index (χ4n) is 1.83. The minimum absolute atomic E-state index is 0.159. The van der Waals surface area contributed by atoms with Crippen molar-refractivity contribution in [3.05, 3.63) is 23.6 Å². The Labute approximate surface area is 108 Å². The number of nitrogens with zero attached hydrogens (tertiary/aromatic N) is 2. The lowest BCUT2D eigenvalue weighted by molar-refractivity contribution is -0.119. The molecule has 106 valence electrons. The average molecular weight is 277 g/mol. The average Bonchev–Trinajstić information content (AvgIpc) is 3.07. The molecule has 7 heteroatoms. The van der Waals surface area contributed by atoms with Gasteiger partial charge in [0.2, 0.25) is 0 Å². The van der Waals surface area contributed by atoms with Crippen molar-refractivity contribution in [3.63, 3.8) is 0 Å². The van der Waals surface area contributed by atoms with Gasteiger partial charge < -0.3 is 10.2 Å². The summed E-state index contributed by atoms with van der Waals surface area (Å²) in [5.41, 5.74) is 0.443. The third kappa shape index (κ3) is 4.34. The number of hydrogen-bond acceptors (Lipinski definition) is 3. The Morgan fingerprint density at radius 3 is 2.68 bits per heavy atom. The Balaban J connectivity index is 2.12. The van der Waals surface area contributed by atoms with Gasteiger partial charge in [0.05, 0.1) is 6.20 Å². The van der Waals surface area contributed by atoms with Gasteiger partial charge in [0.25, 0.3) is 0 Å². The van der Waals surface area contributed by atoms with Gasteiger partial charge in [-0.25, -0.2) is 9.37 Å². The summed E-state index contributed by atoms with van der Waals surface area (Å²) in [5, 5.41) is 3.14. The van der Waals surface area contributed by atoms with E-state index in [1.807, 2.05) is 0 Å². The first kappa shape index (κ1) is 14.0. The molecule has 1 heterocycles. The van der Waals surface area contributed by atoms with Crippen molar-refractivity contribution in [2.75, 3.05) is 18.5 Å². The molecule has 0 aliphatic heterocycles. The summed E-state index contributed by atoms with van der Waals surface area (Å²) >= 11 is 0. The Bertz CT molecular complexity index is 443. The van der Waals surface area contributed by atoms with Crippen LogP contribution in [0.4, 0.5) is 23.4 Å². The second-order valence-corrected chi connectivity index (χ2v) is 4.76. The summed E-state index contributed by atoms with van der Waals surface area (Å²) < 4.78 is 50.3. The summed E-state index contributed by atoms with van der Waals surface area (Å²) in [6, 6.07) is 1.62. The second kappa shape index (κ2) is 5.32. The van der Waals surface area contributed by atoms with Crippen LogP contribution < -0.4 is 10.2 Å². The van der Waals surface area contributed by atoms with Crippen molar-refractivity contribution in [1.29, 1.82) is 0 Å². The predicted octanol–water partition coefficient (Wildman–Crippen LogP) is 2.47. The lowest BCUT2D eigenvalue weighted by Crippen LogP contribution is -2.32. The van der Waals surface area contributed by atoms with Crippen LogP contribution in [0.1, 0.15) is 18.4 Å². The van der Waals surface area contributed by atoms with Crippen molar-refractivity contribution in [3.8, 4) is 0 Å². The van der Waals surface area contributed by atoms with E-state index < -0.39 is 18.5 Å². The van der Waals surface area contributed by atoms with Crippen molar-refractivity contribution in [1.82, 2.24) is 10.3 Å². The summed E-state index contributed by atoms with van der Waals surface area (Å²) in [7, 11) is 1.30. The van der Waals surface area contributed by atoms with Crippen molar-refractivity contribution in [2.45, 2.75) is 31.6 Å². The van der Waals surface area contributed by atoms with Crippen molar-refractivity contribution < 1.29 is 17.6 Å². The van der Waals surface area contributed by atoms with E-state index in [2.05, 4.69) is 10.3 Å². The molecular weight excluding hydrogens is 262 g/mol. The van der Waals surface area contributed by atoms with Gasteiger partial charge in [0, 0.05) is 25.2 Å². The molecule has 0 amide bonds. The molecule has 0 radical (unpaired) electrons. The highest BCUT2D eigenvalue weighted by atomic mass is 19.4. The number of aromatic nitrogens is 1. The molecule has 1 N–H and O–H groups in total. The summed E-state index contributed by atoms with van der Waals surface area (Å²) in [4.78, 5) is 4.76. The van der Waals surface area contributed by atoms with E-state index in [1.54, 1.807) is 0 Å². The topological polar surface area (TPSA) is 28.2 Å². The van der Waals surface area contributed by atoms with E-state index in [1.165, 1.54) is 13.1 Å². The lowest BCUT2D eigenvalue weighted by Gasteiger charge is -2.22. The van der Waals surface area contributed by atoms with Gasteiger partial charge in [-0.05, 0) is 18.9 Å². The minimum atomic E-state index is -4.31. The Hall–Kier alpha value is -1.37. The van der Waals surface area contributed by atoms with Crippen molar-refractivity contribution in [2.24, 2.45) is 0 Å². The first-order valence-electron chi connectivity index (χ1n) is 6.01. The molecule has 0 aromatic carbocycles. The minimum Gasteiger partial charge on any atom is -0.350 e. The second-order valence-electron chi connectivity index (χ2n) is 4.76. The molecule has 1 aromatic heterocycles. The standard InChI is InChI=1S/C12H15F4N3/c1-19(7-12(14,15)16)11-8(4-9(13)6-18-11)5-17-10-2-3-10/h4,6,10,17H,2-3,5,7H2,1H3. The highest BCUT2D eigenvalue weighted by Crippen LogP contribution is 2.24. The van der Waals surface area contributed by atoms with Gasteiger partial charge in [-0.1, -0.05) is 0 Å². The largest absolute Gasteiger partial charge is 0.405 e. The normalized spacial score (nSPS) is 15.6. The predicted molar refractivity (Wildman–Crippen MR) is 63.4 cm³/mol. The molecule has 2 rings (SSSR count). The molecule has 1 fully saturated rings. The zero-order valence-corrected chi connectivity index (χ0v) is 10.5. The van der Waals surface area contributed by atoms with Gasteiger partial charge in [-0.2, -0.15) is 13.2 Å². The van der Waals surface area contributed by atoms with Crippen LogP contribution in [0.2, 0.25) is 0 Å². The maximum absolute atomic E-state index is 13.2. The van der Waals surface area contributed by atoms with Crippen LogP contribution in [0, 0.1) is 5.82 Å². The van der Waals surface area contributed by atoms with Gasteiger partial charge in [-0.3, -0.25) is 0 Å². The molecular formula is C12H15F4N3. The number of nitrogens with one attached hydrogen (secondary N) is 1. The van der Waals surface area contributed by atoms with Crippen LogP contribution >= 0.6 is 0 Å². The number of pyridine rings is 1. The molecule has 19 heavy (non-hydrogen) atoms. The highest BCUT2D eigenvalue weighted by molar-refractivity contribution is 5.46. The highest BCUT2D eigenvalue weighted by Gasteiger charge is 2.30. The zero-order valence-electron chi connectivity index (χ0n) is 10.5. The van der Waals surface area contributed by atoms with Gasteiger partial charge in [0.1, 0.15) is 18.2 Å². The van der Waals surface area contributed by atoms with Gasteiger partial charge >= 0.3 is 6.18 Å². The molecule has 3 nitrogen and oxygen atoms in total. The quantitative estimate of drug-likeness (QED) is 0.838. The number of anilines is 1. The van der Waals surface area contributed by atoms with Crippen LogP contribution in [-0.4, -0.2) is 30.8 Å². The van der Waals surface area contributed by atoms with Crippen LogP contribution in [0.5, 0.6) is 0 Å². The third-order valence-corrected chi connectivity index (χ3v) is 2.85. The van der Waals surface area contributed by atoms with Crippen LogP contribution in [0.3, 0.4) is 0 Å². The molecule has 0 bridgehead atoms. The summed E-state index contributed by atoms with van der Waals surface area (Å²) in [5.74, 6) is -0.386. The Morgan fingerprint density at radius 1 is 1.42 bits per heavy atom. The first-order valence-corrected chi connectivity index (χ1v) is 6.01. The fourth-order valence-corrected chi connectivity index (χ4v) is 1.83. The lowest BCUT2D eigenvalue weighted by atomic mass is 10.2. The van der Waals surface area contributed by atoms with E-state index in [4.69, 9.17) is 0 Å². The molecule has 1 aromatic rings. The smallest absolute Gasteiger partial charge is 0.350 e. The number of halogens is 4. The molecule has 0 unspecified atom stereocenters. The van der Waals surface area contributed by atoms with Gasteiger partial charge in [-0.15, -0.1) is 0 Å². The Morgan fingerprint density at radius 2 is 2.11 bits per heavy atom. The van der Waals surface area contributed by atoms with E-state index in [0.717, 1.165) is 23.9 Å². The number of alkyl halides is 3. The summed E-state index contributed by atoms with van der Waals surface area (Å²) in [6.07, 6.45) is -1.28. The molecule has 1 saturated carbocycles. The Kier molecular flexibility index (Phi) is 3.93. The number of rotatable bonds is 5. The van der Waals surface area contributed by atoms with E-state index in [9.17, 15) is 17.6 Å². The van der Waals surface area contributed by atoms with Gasteiger partial charge in [0.15, 0.2) is 0 Å². The maximum Gasteiger partial charge on any atom is 0.405 e. The van der Waals surface area contributed by atoms with Crippen LogP contribution in [-0.2, 0) is 6.54 Å². The first-order chi connectivity index (χ1) is 8.85. The van der Waals surface area contributed by atoms with E-state index in [-0.39, 0.29) is 5.82 Å². The fraction of sp³-hybridized carbons (Fsp3) is 0.583. The molecule has 0 atom stereocenters. The third-order valence-electron chi connectivity index (χ3n) is 2.85. The zero-order chi connectivity index (χ0) is 14.0. The molecule has 1 aliphatic carbocycles. The SMILES string of the molecule is CN(CC(F)(F)F)c1ncc(F)cc1CNC1CC1. The van der Waals surface area contributed by atoms with E-state index in [0.29, 0.717) is 18.2 Å². The van der Waals surface area contributed by atoms with Crippen molar-refractivity contribution >= 4 is 5.82 Å². The van der Waals surface area contributed by atoms with E-state index >= 15 is 0 Å². The maximum atomic E-state index is 13.2. The monoisotopic (exact) mass is 277 g/mol. The molecule has 0 saturated heterocycles. The summed E-state index contributed by atoms with van der Waals surface area (Å²) in [6.45, 7) is -0.783. The molecule has 1 aliphatic rings. The van der Waals surface area contributed by atoms with Crippen LogP contribution in [0.15, 0.2) is 12.3 Å². The number of hydrogen-bond donors (Lipinski definition) is 1.